The number of amides is 1. The number of H-pyrrole nitrogens is 1. The van der Waals surface area contributed by atoms with Crippen molar-refractivity contribution >= 4 is 34.5 Å². The summed E-state index contributed by atoms with van der Waals surface area (Å²) in [5.41, 5.74) is 3.62. The zero-order chi connectivity index (χ0) is 17.4. The topological polar surface area (TPSA) is 75.6 Å². The minimum absolute atomic E-state index is 0.290. The number of halogens is 1. The van der Waals surface area contributed by atoms with Crippen molar-refractivity contribution in [3.8, 4) is 11.3 Å². The normalized spacial score (nSPS) is 11.0. The van der Waals surface area contributed by atoms with Crippen molar-refractivity contribution < 1.29 is 4.79 Å². The first-order valence-electron chi connectivity index (χ1n) is 7.66. The van der Waals surface area contributed by atoms with Crippen LogP contribution in [0.4, 0.5) is 5.95 Å². The Balaban J connectivity index is 1.62. The highest BCUT2D eigenvalue weighted by atomic mass is 35.5. The zero-order valence-corrected chi connectivity index (χ0v) is 14.1. The molecule has 4 rings (SSSR count). The van der Waals surface area contributed by atoms with Gasteiger partial charge in [0.05, 0.1) is 16.7 Å². The molecule has 6 nitrogen and oxygen atoms in total. The van der Waals surface area contributed by atoms with Gasteiger partial charge >= 0.3 is 0 Å². The summed E-state index contributed by atoms with van der Waals surface area (Å²) in [6.45, 7) is 0. The smallest absolute Gasteiger partial charge is 0.276 e. The number of rotatable bonds is 3. The minimum Gasteiger partial charge on any atom is -0.324 e. The summed E-state index contributed by atoms with van der Waals surface area (Å²) >= 11 is 6.02. The molecular weight excluding hydrogens is 338 g/mol. The number of carbonyl (C=O) groups excluding carboxylic acids is 1. The van der Waals surface area contributed by atoms with Gasteiger partial charge in [-0.05, 0) is 30.3 Å². The Morgan fingerprint density at radius 2 is 2.00 bits per heavy atom. The van der Waals surface area contributed by atoms with Crippen molar-refractivity contribution in [2.75, 3.05) is 5.32 Å². The summed E-state index contributed by atoms with van der Waals surface area (Å²) < 4.78 is 1.54. The van der Waals surface area contributed by atoms with Gasteiger partial charge in [0.15, 0.2) is 0 Å². The monoisotopic (exact) mass is 351 g/mol. The second-order valence-corrected chi connectivity index (χ2v) is 6.04. The van der Waals surface area contributed by atoms with E-state index >= 15 is 0 Å². The zero-order valence-electron chi connectivity index (χ0n) is 13.3. The van der Waals surface area contributed by atoms with E-state index in [1.807, 2.05) is 42.5 Å². The van der Waals surface area contributed by atoms with Crippen molar-refractivity contribution in [2.24, 2.45) is 7.05 Å². The second kappa shape index (κ2) is 6.07. The fourth-order valence-corrected chi connectivity index (χ4v) is 2.84. The SMILES string of the molecule is Cn1nc(-c2cccc(Cl)c2)cc1C(=O)Nc1nc2ccccc2[nH]1. The number of nitrogens with zero attached hydrogens (tertiary/aromatic N) is 3. The van der Waals surface area contributed by atoms with E-state index in [0.29, 0.717) is 22.4 Å². The number of fused-ring (bicyclic) bond motifs is 1. The average molecular weight is 352 g/mol. The van der Waals surface area contributed by atoms with Crippen LogP contribution in [0.5, 0.6) is 0 Å². The van der Waals surface area contributed by atoms with Crippen LogP contribution < -0.4 is 5.32 Å². The van der Waals surface area contributed by atoms with E-state index in [4.69, 9.17) is 11.6 Å². The number of hydrogen-bond acceptors (Lipinski definition) is 3. The molecule has 4 aromatic rings. The summed E-state index contributed by atoms with van der Waals surface area (Å²) in [6, 6.07) is 16.7. The van der Waals surface area contributed by atoms with Crippen LogP contribution in [0.3, 0.4) is 0 Å². The fourth-order valence-electron chi connectivity index (χ4n) is 2.65. The number of anilines is 1. The second-order valence-electron chi connectivity index (χ2n) is 5.61. The van der Waals surface area contributed by atoms with E-state index in [1.165, 1.54) is 4.68 Å². The fraction of sp³-hybridized carbons (Fsp3) is 0.0556. The minimum atomic E-state index is -0.290. The molecule has 0 fully saturated rings. The third-order valence-corrected chi connectivity index (χ3v) is 4.09. The van der Waals surface area contributed by atoms with Gasteiger partial charge in [0.1, 0.15) is 5.69 Å². The molecule has 0 radical (unpaired) electrons. The van der Waals surface area contributed by atoms with Gasteiger partial charge in [0, 0.05) is 17.6 Å². The molecule has 2 heterocycles. The Labute approximate surface area is 148 Å². The number of aromatic amines is 1. The lowest BCUT2D eigenvalue weighted by molar-refractivity contribution is 0.101. The Bertz CT molecular complexity index is 1050. The lowest BCUT2D eigenvalue weighted by Crippen LogP contribution is -2.16. The van der Waals surface area contributed by atoms with E-state index < -0.39 is 0 Å². The molecule has 0 bridgehead atoms. The Hall–Kier alpha value is -3.12. The van der Waals surface area contributed by atoms with Crippen molar-refractivity contribution in [1.82, 2.24) is 19.7 Å². The maximum absolute atomic E-state index is 12.6. The van der Waals surface area contributed by atoms with Gasteiger partial charge < -0.3 is 4.98 Å². The van der Waals surface area contributed by atoms with Crippen molar-refractivity contribution in [1.29, 1.82) is 0 Å². The third kappa shape index (κ3) is 2.99. The lowest BCUT2D eigenvalue weighted by atomic mass is 10.1. The molecule has 2 aromatic heterocycles. The third-order valence-electron chi connectivity index (χ3n) is 3.85. The van der Waals surface area contributed by atoms with Crippen LogP contribution >= 0.6 is 11.6 Å². The van der Waals surface area contributed by atoms with Crippen molar-refractivity contribution in [3.63, 3.8) is 0 Å². The molecule has 0 spiro atoms. The Morgan fingerprint density at radius 3 is 2.80 bits per heavy atom. The molecule has 0 saturated heterocycles. The van der Waals surface area contributed by atoms with E-state index in [0.717, 1.165) is 16.6 Å². The van der Waals surface area contributed by atoms with Gasteiger partial charge in [-0.1, -0.05) is 35.9 Å². The van der Waals surface area contributed by atoms with Gasteiger partial charge in [0.2, 0.25) is 5.95 Å². The summed E-state index contributed by atoms with van der Waals surface area (Å²) in [7, 11) is 1.72. The molecule has 2 aromatic carbocycles. The standard InChI is InChI=1S/C18H14ClN5O/c1-24-16(10-15(23-24)11-5-4-6-12(19)9-11)17(25)22-18-20-13-7-2-3-8-14(13)21-18/h2-10H,1H3,(H2,20,21,22,25). The number of carbonyl (C=O) groups is 1. The first kappa shape index (κ1) is 15.4. The average Bonchev–Trinajstić information content (AvgIpc) is 3.17. The number of hydrogen-bond donors (Lipinski definition) is 2. The molecule has 0 aliphatic carbocycles. The van der Waals surface area contributed by atoms with E-state index in [2.05, 4.69) is 20.4 Å². The van der Waals surface area contributed by atoms with Gasteiger partial charge in [-0.3, -0.25) is 14.8 Å². The van der Waals surface area contributed by atoms with E-state index in [1.54, 1.807) is 19.2 Å². The molecule has 2 N–H and O–H groups in total. The highest BCUT2D eigenvalue weighted by Gasteiger charge is 2.16. The van der Waals surface area contributed by atoms with Crippen LogP contribution in [0.1, 0.15) is 10.5 Å². The number of aryl methyl sites for hydroxylation is 1. The first-order chi connectivity index (χ1) is 12.1. The van der Waals surface area contributed by atoms with E-state index in [-0.39, 0.29) is 5.91 Å². The quantitative estimate of drug-likeness (QED) is 0.588. The number of aromatic nitrogens is 4. The predicted octanol–water partition coefficient (Wildman–Crippen LogP) is 3.87. The largest absolute Gasteiger partial charge is 0.324 e. The van der Waals surface area contributed by atoms with Crippen LogP contribution in [0.2, 0.25) is 5.02 Å². The van der Waals surface area contributed by atoms with Gasteiger partial charge in [-0.15, -0.1) is 0 Å². The van der Waals surface area contributed by atoms with Crippen LogP contribution in [0, 0.1) is 0 Å². The van der Waals surface area contributed by atoms with Crippen molar-refractivity contribution in [2.45, 2.75) is 0 Å². The molecule has 25 heavy (non-hydrogen) atoms. The summed E-state index contributed by atoms with van der Waals surface area (Å²) in [5, 5.41) is 7.79. The Morgan fingerprint density at radius 1 is 1.16 bits per heavy atom. The summed E-state index contributed by atoms with van der Waals surface area (Å²) in [6.07, 6.45) is 0. The van der Waals surface area contributed by atoms with Crippen LogP contribution in [0.25, 0.3) is 22.3 Å². The molecule has 0 aliphatic rings. The number of imidazole rings is 1. The molecule has 1 amide bonds. The van der Waals surface area contributed by atoms with Crippen LogP contribution in [-0.4, -0.2) is 25.7 Å². The molecule has 0 unspecified atom stereocenters. The highest BCUT2D eigenvalue weighted by Crippen LogP contribution is 2.22. The number of para-hydroxylation sites is 2. The van der Waals surface area contributed by atoms with Crippen molar-refractivity contribution in [3.05, 3.63) is 65.3 Å². The lowest BCUT2D eigenvalue weighted by Gasteiger charge is -2.01. The van der Waals surface area contributed by atoms with Crippen LogP contribution in [-0.2, 0) is 7.05 Å². The summed E-state index contributed by atoms with van der Waals surface area (Å²) in [4.78, 5) is 20.0. The first-order valence-corrected chi connectivity index (χ1v) is 8.04. The maximum Gasteiger partial charge on any atom is 0.276 e. The van der Waals surface area contributed by atoms with Gasteiger partial charge in [-0.25, -0.2) is 4.98 Å². The number of nitrogens with one attached hydrogen (secondary N) is 2. The number of benzene rings is 2. The molecule has 0 atom stereocenters. The Kier molecular flexibility index (Phi) is 3.74. The molecule has 7 heteroatoms. The van der Waals surface area contributed by atoms with Gasteiger partial charge in [0.25, 0.3) is 5.91 Å². The van der Waals surface area contributed by atoms with Gasteiger partial charge in [-0.2, -0.15) is 5.10 Å². The highest BCUT2D eigenvalue weighted by molar-refractivity contribution is 6.30. The molecular formula is C18H14ClN5O. The predicted molar refractivity (Wildman–Crippen MR) is 97.7 cm³/mol. The molecule has 124 valence electrons. The van der Waals surface area contributed by atoms with E-state index in [9.17, 15) is 4.79 Å². The van der Waals surface area contributed by atoms with Crippen LogP contribution in [0.15, 0.2) is 54.6 Å². The maximum atomic E-state index is 12.6. The summed E-state index contributed by atoms with van der Waals surface area (Å²) in [5.74, 6) is 0.110. The molecule has 0 aliphatic heterocycles. The molecule has 0 saturated carbocycles.